The molecule has 86 valence electrons. The van der Waals surface area contributed by atoms with Crippen LogP contribution in [0.15, 0.2) is 24.3 Å². The molecule has 0 amide bonds. The van der Waals surface area contributed by atoms with Gasteiger partial charge in [-0.05, 0) is 13.0 Å². The maximum absolute atomic E-state index is 10.9. The van der Waals surface area contributed by atoms with Gasteiger partial charge in [-0.3, -0.25) is 4.79 Å². The van der Waals surface area contributed by atoms with Crippen molar-refractivity contribution in [2.24, 2.45) is 0 Å². The van der Waals surface area contributed by atoms with Crippen LogP contribution in [0.5, 0.6) is 0 Å². The predicted octanol–water partition coefficient (Wildman–Crippen LogP) is 3.67. The number of rotatable bonds is 1. The third-order valence-corrected chi connectivity index (χ3v) is 1.39. The van der Waals surface area contributed by atoms with Gasteiger partial charge in [0.2, 0.25) is 5.39 Å². The minimum atomic E-state index is -6.00. The first kappa shape index (κ1) is 14.1. The van der Waals surface area contributed by atoms with E-state index >= 15 is 0 Å². The molecule has 8 heteroatoms. The summed E-state index contributed by atoms with van der Waals surface area (Å²) in [6, 6.07) is 6.64. The lowest BCUT2D eigenvalue weighted by atomic mass is 10.1. The van der Waals surface area contributed by atoms with Gasteiger partial charge >= 0.3 is 12.9 Å². The molecule has 0 saturated heterocycles. The van der Waals surface area contributed by atoms with Crippen molar-refractivity contribution in [3.63, 3.8) is 0 Å². The van der Waals surface area contributed by atoms with Gasteiger partial charge < -0.3 is 17.3 Å². The summed E-state index contributed by atoms with van der Waals surface area (Å²) in [5.41, 5.74) is 0.759. The quantitative estimate of drug-likeness (QED) is 0.322. The summed E-state index contributed by atoms with van der Waals surface area (Å²) >= 11 is 0. The van der Waals surface area contributed by atoms with Crippen molar-refractivity contribution in [3.8, 4) is 0 Å². The number of hydrogen-bond donors (Lipinski definition) is 0. The van der Waals surface area contributed by atoms with Crippen LogP contribution in [0, 0.1) is 5.39 Å². The van der Waals surface area contributed by atoms with E-state index in [9.17, 15) is 22.1 Å². The smallest absolute Gasteiger partial charge is 0.418 e. The summed E-state index contributed by atoms with van der Waals surface area (Å²) in [7, 11) is -6.00. The molecule has 0 aliphatic heterocycles. The van der Waals surface area contributed by atoms with E-state index in [0.717, 1.165) is 0 Å². The van der Waals surface area contributed by atoms with Crippen molar-refractivity contribution in [2.75, 3.05) is 0 Å². The first-order valence-corrected chi connectivity index (χ1v) is 4.08. The van der Waals surface area contributed by atoms with Gasteiger partial charge in [-0.25, -0.2) is 0 Å². The fourth-order valence-corrected chi connectivity index (χ4v) is 0.859. The van der Waals surface area contributed by atoms with Crippen LogP contribution in [-0.2, 0) is 0 Å². The largest absolute Gasteiger partial charge is 0.673 e. The Kier molecular flexibility index (Phi) is 5.15. The van der Waals surface area contributed by atoms with Crippen molar-refractivity contribution in [1.82, 2.24) is 0 Å². The highest BCUT2D eigenvalue weighted by molar-refractivity contribution is 6.50. The molecule has 0 aliphatic carbocycles. The molecule has 1 rings (SSSR count). The molecule has 0 aromatic heterocycles. The zero-order chi connectivity index (χ0) is 12.8. The fraction of sp³-hybridized carbons (Fsp3) is 0.125. The Morgan fingerprint density at radius 1 is 1.25 bits per heavy atom. The highest BCUT2D eigenvalue weighted by atomic mass is 19.5. The monoisotopic (exact) mass is 234 g/mol. The van der Waals surface area contributed by atoms with Gasteiger partial charge in [0.05, 0.1) is 0 Å². The number of carbonyl (C=O) groups excluding carboxylic acids is 1. The summed E-state index contributed by atoms with van der Waals surface area (Å²) in [6.07, 6.45) is 0. The summed E-state index contributed by atoms with van der Waals surface area (Å²) < 4.78 is 39.0. The maximum Gasteiger partial charge on any atom is 0.673 e. The minimum Gasteiger partial charge on any atom is -0.418 e. The van der Waals surface area contributed by atoms with Crippen molar-refractivity contribution in [2.45, 2.75) is 6.92 Å². The number of halogens is 4. The third-order valence-electron chi connectivity index (χ3n) is 1.39. The zero-order valence-corrected chi connectivity index (χ0v) is 8.20. The van der Waals surface area contributed by atoms with Crippen LogP contribution in [0.1, 0.15) is 17.3 Å². The van der Waals surface area contributed by atoms with Crippen LogP contribution < -0.4 is 0 Å². The van der Waals surface area contributed by atoms with Gasteiger partial charge in [-0.15, -0.1) is 0 Å². The molecule has 0 radical (unpaired) electrons. The second-order valence-corrected chi connectivity index (χ2v) is 2.67. The average Bonchev–Trinajstić information content (AvgIpc) is 2.15. The molecule has 0 bridgehead atoms. The Bertz CT molecular complexity index is 407. The number of nitrogens with zero attached hydrogens (tertiary/aromatic N) is 2. The summed E-state index contributed by atoms with van der Waals surface area (Å²) in [4.78, 5) is 13.8. The van der Waals surface area contributed by atoms with E-state index < -0.39 is 7.25 Å². The molecular formula is C8H7BF4N2O. The maximum atomic E-state index is 10.9. The van der Waals surface area contributed by atoms with Crippen LogP contribution in [0.4, 0.5) is 23.0 Å². The SMILES string of the molecule is CC(=O)c1ccccc1[N+]#N.F[B-](F)(F)F. The lowest BCUT2D eigenvalue weighted by molar-refractivity contribution is 0.101. The normalized spacial score (nSPS) is 9.75. The van der Waals surface area contributed by atoms with E-state index in [-0.39, 0.29) is 5.78 Å². The molecule has 0 aliphatic rings. The standard InChI is InChI=1S/C8H7N2O.BF4/c1-6(11)7-4-2-3-5-8(7)10-9;2-1(3,4)5/h2-5H,1H3;/q+1;-1. The van der Waals surface area contributed by atoms with Gasteiger partial charge in [0.1, 0.15) is 5.56 Å². The molecule has 16 heavy (non-hydrogen) atoms. The molecule has 0 atom stereocenters. The van der Waals surface area contributed by atoms with Crippen LogP contribution in [0.2, 0.25) is 0 Å². The lowest BCUT2D eigenvalue weighted by Gasteiger charge is -1.94. The molecule has 0 heterocycles. The third kappa shape index (κ3) is 6.53. The predicted molar refractivity (Wildman–Crippen MR) is 51.4 cm³/mol. The Labute approximate surface area is 88.8 Å². The summed E-state index contributed by atoms with van der Waals surface area (Å²) in [5.74, 6) is -0.0987. The van der Waals surface area contributed by atoms with Gasteiger partial charge in [0.25, 0.3) is 0 Å². The molecule has 1 aromatic carbocycles. The molecule has 0 N–H and O–H groups in total. The van der Waals surface area contributed by atoms with Gasteiger partial charge in [0, 0.05) is 6.07 Å². The van der Waals surface area contributed by atoms with E-state index in [1.807, 2.05) is 0 Å². The molecule has 0 unspecified atom stereocenters. The van der Waals surface area contributed by atoms with Gasteiger partial charge in [0.15, 0.2) is 10.8 Å². The highest BCUT2D eigenvalue weighted by Crippen LogP contribution is 2.18. The van der Waals surface area contributed by atoms with Gasteiger partial charge in [-0.2, -0.15) is 0 Å². The first-order valence-electron chi connectivity index (χ1n) is 4.08. The van der Waals surface area contributed by atoms with E-state index in [4.69, 9.17) is 5.39 Å². The summed E-state index contributed by atoms with van der Waals surface area (Å²) in [5, 5.41) is 8.44. The number of Topliss-reactive ketones (excluding diaryl/α,β-unsaturated/α-hetero) is 1. The second kappa shape index (κ2) is 5.85. The zero-order valence-electron chi connectivity index (χ0n) is 8.20. The number of benzene rings is 1. The van der Waals surface area contributed by atoms with Crippen LogP contribution in [0.25, 0.3) is 4.98 Å². The van der Waals surface area contributed by atoms with Crippen molar-refractivity contribution in [1.29, 1.82) is 5.39 Å². The van der Waals surface area contributed by atoms with Crippen molar-refractivity contribution < 1.29 is 22.1 Å². The molecule has 0 spiro atoms. The van der Waals surface area contributed by atoms with E-state index in [1.165, 1.54) is 6.92 Å². The fourth-order valence-electron chi connectivity index (χ4n) is 0.859. The second-order valence-electron chi connectivity index (χ2n) is 2.67. The topological polar surface area (TPSA) is 45.2 Å². The number of ketones is 1. The Morgan fingerprint density at radius 3 is 2.00 bits per heavy atom. The molecule has 0 fully saturated rings. The first-order chi connectivity index (χ1) is 7.25. The molecular weight excluding hydrogens is 227 g/mol. The van der Waals surface area contributed by atoms with Crippen LogP contribution >= 0.6 is 0 Å². The van der Waals surface area contributed by atoms with E-state index in [1.54, 1.807) is 24.3 Å². The van der Waals surface area contributed by atoms with Crippen LogP contribution in [0.3, 0.4) is 0 Å². The number of hydrogen-bond acceptors (Lipinski definition) is 2. The van der Waals surface area contributed by atoms with Gasteiger partial charge in [-0.1, -0.05) is 12.1 Å². The van der Waals surface area contributed by atoms with E-state index in [0.29, 0.717) is 11.3 Å². The van der Waals surface area contributed by atoms with Crippen LogP contribution in [-0.4, -0.2) is 13.0 Å². The highest BCUT2D eigenvalue weighted by Gasteiger charge is 2.20. The van der Waals surface area contributed by atoms with E-state index in [2.05, 4.69) is 4.98 Å². The molecule has 3 nitrogen and oxygen atoms in total. The molecule has 0 saturated carbocycles. The molecule has 1 aromatic rings. The summed E-state index contributed by atoms with van der Waals surface area (Å²) in [6.45, 7) is 1.43. The Morgan fingerprint density at radius 2 is 1.69 bits per heavy atom. The number of diazo groups is 1. The average molecular weight is 234 g/mol. The lowest BCUT2D eigenvalue weighted by Crippen LogP contribution is -2.02. The Balaban J connectivity index is 0.000000385. The Hall–Kier alpha value is -1.91. The number of carbonyl (C=O) groups is 1. The van der Waals surface area contributed by atoms with Crippen molar-refractivity contribution >= 4 is 18.7 Å². The van der Waals surface area contributed by atoms with Crippen molar-refractivity contribution in [3.05, 3.63) is 34.8 Å². The minimum absolute atomic E-state index is 0.0987.